The summed E-state index contributed by atoms with van der Waals surface area (Å²) in [5.74, 6) is 1.63. The minimum atomic E-state index is -0.264. The molecule has 0 bridgehead atoms. The monoisotopic (exact) mass is 390 g/mol. The Hall–Kier alpha value is -3.05. The summed E-state index contributed by atoms with van der Waals surface area (Å²) in [6.07, 6.45) is 0. The second kappa shape index (κ2) is 8.13. The van der Waals surface area contributed by atoms with Gasteiger partial charge in [-0.1, -0.05) is 42.5 Å². The van der Waals surface area contributed by atoms with Crippen LogP contribution in [0.4, 0.5) is 5.69 Å². The molecule has 0 aromatic heterocycles. The van der Waals surface area contributed by atoms with E-state index in [4.69, 9.17) is 9.47 Å². The van der Waals surface area contributed by atoms with Crippen LogP contribution in [0.25, 0.3) is 10.8 Å². The van der Waals surface area contributed by atoms with Crippen LogP contribution in [-0.2, 0) is 11.3 Å². The number of nitrogens with zero attached hydrogens (tertiary/aromatic N) is 2. The molecule has 0 N–H and O–H groups in total. The van der Waals surface area contributed by atoms with Gasteiger partial charge < -0.3 is 14.4 Å². The van der Waals surface area contributed by atoms with Crippen molar-refractivity contribution in [1.29, 1.82) is 0 Å². The van der Waals surface area contributed by atoms with Gasteiger partial charge >= 0.3 is 0 Å². The van der Waals surface area contributed by atoms with Gasteiger partial charge in [0.25, 0.3) is 0 Å². The number of likely N-dealkylation sites (N-methyl/N-ethyl adjacent to an activating group) is 2. The first-order chi connectivity index (χ1) is 14.1. The van der Waals surface area contributed by atoms with Crippen molar-refractivity contribution in [3.63, 3.8) is 0 Å². The van der Waals surface area contributed by atoms with Crippen LogP contribution >= 0.6 is 0 Å². The Bertz CT molecular complexity index is 1030. The maximum atomic E-state index is 13.4. The first kappa shape index (κ1) is 19.3. The van der Waals surface area contributed by atoms with Crippen LogP contribution in [0.5, 0.6) is 11.5 Å². The van der Waals surface area contributed by atoms with Crippen LogP contribution in [0.3, 0.4) is 0 Å². The van der Waals surface area contributed by atoms with Gasteiger partial charge in [-0.15, -0.1) is 0 Å². The Kier molecular flexibility index (Phi) is 5.41. The van der Waals surface area contributed by atoms with Crippen LogP contribution < -0.4 is 14.4 Å². The van der Waals surface area contributed by atoms with Crippen molar-refractivity contribution in [2.45, 2.75) is 26.4 Å². The van der Waals surface area contributed by atoms with Crippen molar-refractivity contribution in [3.05, 3.63) is 66.2 Å². The zero-order chi connectivity index (χ0) is 20.4. The van der Waals surface area contributed by atoms with Crippen LogP contribution in [0.1, 0.15) is 19.4 Å². The Labute approximate surface area is 171 Å². The summed E-state index contributed by atoms with van der Waals surface area (Å²) in [4.78, 5) is 17.3. The molecule has 5 nitrogen and oxygen atoms in total. The van der Waals surface area contributed by atoms with Crippen molar-refractivity contribution in [1.82, 2.24) is 4.90 Å². The van der Waals surface area contributed by atoms with E-state index in [0.29, 0.717) is 13.1 Å². The van der Waals surface area contributed by atoms with Crippen LogP contribution in [0.2, 0.25) is 0 Å². The van der Waals surface area contributed by atoms with Crippen molar-refractivity contribution in [2.75, 3.05) is 25.3 Å². The molecule has 1 amide bonds. The average Bonchev–Trinajstić information content (AvgIpc) is 3.21. The minimum absolute atomic E-state index is 0.0899. The van der Waals surface area contributed by atoms with Crippen LogP contribution in [0, 0.1) is 0 Å². The van der Waals surface area contributed by atoms with E-state index >= 15 is 0 Å². The molecule has 0 saturated carbocycles. The van der Waals surface area contributed by atoms with E-state index in [9.17, 15) is 4.79 Å². The summed E-state index contributed by atoms with van der Waals surface area (Å²) in [5, 5.41) is 2.23. The molecule has 0 aliphatic carbocycles. The predicted molar refractivity (Wildman–Crippen MR) is 115 cm³/mol. The highest BCUT2D eigenvalue weighted by Crippen LogP contribution is 2.33. The van der Waals surface area contributed by atoms with Gasteiger partial charge in [-0.3, -0.25) is 9.69 Å². The third-order valence-electron chi connectivity index (χ3n) is 5.53. The zero-order valence-electron chi connectivity index (χ0n) is 17.1. The summed E-state index contributed by atoms with van der Waals surface area (Å²) in [6, 6.07) is 19.9. The van der Waals surface area contributed by atoms with Gasteiger partial charge in [0.2, 0.25) is 12.7 Å². The van der Waals surface area contributed by atoms with Crippen molar-refractivity contribution < 1.29 is 14.3 Å². The fourth-order valence-corrected chi connectivity index (χ4v) is 3.77. The molecule has 0 fully saturated rings. The molecule has 4 rings (SSSR count). The van der Waals surface area contributed by atoms with Crippen LogP contribution in [-0.4, -0.2) is 37.2 Å². The van der Waals surface area contributed by atoms with Gasteiger partial charge in [0.1, 0.15) is 0 Å². The molecule has 0 saturated heterocycles. The number of benzene rings is 3. The third kappa shape index (κ3) is 3.78. The number of carbonyl (C=O) groups excluding carboxylic acids is 1. The van der Waals surface area contributed by atoms with Crippen LogP contribution in [0.15, 0.2) is 60.7 Å². The maximum Gasteiger partial charge on any atom is 0.244 e. The molecule has 29 heavy (non-hydrogen) atoms. The average molecular weight is 390 g/mol. The SMILES string of the molecule is CCN(C(=O)[C@@H](C)N(C)Cc1ccc2c(c1)OCO2)c1cccc2ccccc12. The van der Waals surface area contributed by atoms with Crippen molar-refractivity contribution in [3.8, 4) is 11.5 Å². The molecule has 0 unspecified atom stereocenters. The molecule has 1 aliphatic rings. The molecule has 1 heterocycles. The summed E-state index contributed by atoms with van der Waals surface area (Å²) < 4.78 is 10.8. The number of fused-ring (bicyclic) bond motifs is 2. The Balaban J connectivity index is 1.53. The highest BCUT2D eigenvalue weighted by molar-refractivity contribution is 6.05. The first-order valence-corrected chi connectivity index (χ1v) is 9.96. The smallest absolute Gasteiger partial charge is 0.244 e. The molecular formula is C24H26N2O3. The van der Waals surface area contributed by atoms with Gasteiger partial charge in [-0.05, 0) is 50.0 Å². The number of ether oxygens (including phenoxy) is 2. The molecule has 5 heteroatoms. The second-order valence-electron chi connectivity index (χ2n) is 7.36. The number of amides is 1. The quantitative estimate of drug-likeness (QED) is 0.624. The van der Waals surface area contributed by atoms with E-state index in [1.165, 1.54) is 0 Å². The number of hydrogen-bond acceptors (Lipinski definition) is 4. The molecule has 1 atom stereocenters. The number of rotatable bonds is 6. The normalized spacial score (nSPS) is 13.7. The van der Waals surface area contributed by atoms with E-state index in [0.717, 1.165) is 33.5 Å². The van der Waals surface area contributed by atoms with E-state index in [1.807, 2.05) is 68.3 Å². The lowest BCUT2D eigenvalue weighted by Crippen LogP contribution is -2.45. The Morgan fingerprint density at radius 2 is 1.79 bits per heavy atom. The van der Waals surface area contributed by atoms with Gasteiger partial charge in [0.15, 0.2) is 11.5 Å². The third-order valence-corrected chi connectivity index (χ3v) is 5.53. The maximum absolute atomic E-state index is 13.4. The summed E-state index contributed by atoms with van der Waals surface area (Å²) >= 11 is 0. The highest BCUT2D eigenvalue weighted by Gasteiger charge is 2.25. The second-order valence-corrected chi connectivity index (χ2v) is 7.36. The van der Waals surface area contributed by atoms with E-state index in [1.54, 1.807) is 0 Å². The lowest BCUT2D eigenvalue weighted by Gasteiger charge is -2.30. The van der Waals surface area contributed by atoms with Gasteiger partial charge in [0.05, 0.1) is 11.7 Å². The summed E-state index contributed by atoms with van der Waals surface area (Å²) in [6.45, 7) is 5.51. The first-order valence-electron chi connectivity index (χ1n) is 9.96. The van der Waals surface area contributed by atoms with E-state index < -0.39 is 0 Å². The molecule has 150 valence electrons. The molecule has 3 aromatic carbocycles. The molecule has 0 spiro atoms. The number of carbonyl (C=O) groups is 1. The lowest BCUT2D eigenvalue weighted by molar-refractivity contribution is -0.122. The Morgan fingerprint density at radius 3 is 2.62 bits per heavy atom. The standard InChI is InChI=1S/C24H26N2O3/c1-4-26(21-11-7-9-19-8-5-6-10-20(19)21)24(27)17(2)25(3)15-18-12-13-22-23(14-18)29-16-28-22/h5-14,17H,4,15-16H2,1-3H3/t17-/m1/s1. The van der Waals surface area contributed by atoms with Crippen molar-refractivity contribution in [2.24, 2.45) is 0 Å². The molecular weight excluding hydrogens is 364 g/mol. The molecule has 3 aromatic rings. The number of anilines is 1. The van der Waals surface area contributed by atoms with E-state index in [-0.39, 0.29) is 18.7 Å². The van der Waals surface area contributed by atoms with Gasteiger partial charge in [0, 0.05) is 18.5 Å². The van der Waals surface area contributed by atoms with Gasteiger partial charge in [-0.2, -0.15) is 0 Å². The minimum Gasteiger partial charge on any atom is -0.454 e. The molecule has 1 aliphatic heterocycles. The van der Waals surface area contributed by atoms with Gasteiger partial charge in [-0.25, -0.2) is 0 Å². The van der Waals surface area contributed by atoms with E-state index in [2.05, 4.69) is 23.1 Å². The fourth-order valence-electron chi connectivity index (χ4n) is 3.77. The predicted octanol–water partition coefficient (Wildman–Crippen LogP) is 4.44. The zero-order valence-corrected chi connectivity index (χ0v) is 17.1. The lowest BCUT2D eigenvalue weighted by atomic mass is 10.1. The summed E-state index contributed by atoms with van der Waals surface area (Å²) in [5.41, 5.74) is 2.04. The number of hydrogen-bond donors (Lipinski definition) is 0. The molecule has 0 radical (unpaired) electrons. The largest absolute Gasteiger partial charge is 0.454 e. The fraction of sp³-hybridized carbons (Fsp3) is 0.292. The van der Waals surface area contributed by atoms with Crippen molar-refractivity contribution >= 4 is 22.4 Å². The Morgan fingerprint density at radius 1 is 1.03 bits per heavy atom. The summed E-state index contributed by atoms with van der Waals surface area (Å²) in [7, 11) is 1.98. The highest BCUT2D eigenvalue weighted by atomic mass is 16.7. The topological polar surface area (TPSA) is 42.0 Å².